The lowest BCUT2D eigenvalue weighted by molar-refractivity contribution is -0.125. The summed E-state index contributed by atoms with van der Waals surface area (Å²) in [7, 11) is 4.80. The summed E-state index contributed by atoms with van der Waals surface area (Å²) in [6.07, 6.45) is 0.642. The number of aromatic hydroxyl groups is 1. The van der Waals surface area contributed by atoms with Crippen molar-refractivity contribution >= 4 is 40.7 Å². The molecule has 0 spiro atoms. The Hall–Kier alpha value is -4.64. The molecule has 4 aliphatic rings. The first-order valence-corrected chi connectivity index (χ1v) is 17.0. The summed E-state index contributed by atoms with van der Waals surface area (Å²) < 4.78 is 14.2. The molecular formula is C36H40N6O6S. The molecule has 3 N–H and O–H groups in total. The van der Waals surface area contributed by atoms with E-state index in [9.17, 15) is 24.8 Å². The number of ketones is 2. The maximum atomic E-state index is 14.1. The van der Waals surface area contributed by atoms with Gasteiger partial charge in [0.2, 0.25) is 11.7 Å². The van der Waals surface area contributed by atoms with Gasteiger partial charge in [0.25, 0.3) is 0 Å². The highest BCUT2D eigenvalue weighted by Gasteiger charge is 2.57. The van der Waals surface area contributed by atoms with Gasteiger partial charge in [-0.15, -0.1) is 0 Å². The molecular weight excluding hydrogens is 644 g/mol. The molecule has 3 unspecified atom stereocenters. The second kappa shape index (κ2) is 13.7. The number of nitrogens with one attached hydrogen (secondary N) is 2. The van der Waals surface area contributed by atoms with E-state index in [1.165, 1.54) is 26.2 Å². The Kier molecular flexibility index (Phi) is 9.57. The van der Waals surface area contributed by atoms with Gasteiger partial charge in [0.05, 0.1) is 37.9 Å². The number of carbonyl (C=O) groups is 3. The number of para-hydroxylation sites is 1. The highest BCUT2D eigenvalue weighted by atomic mass is 32.2. The summed E-state index contributed by atoms with van der Waals surface area (Å²) in [5.41, 5.74) is 5.63. The van der Waals surface area contributed by atoms with E-state index in [1.54, 1.807) is 19.4 Å². The van der Waals surface area contributed by atoms with Crippen molar-refractivity contribution < 1.29 is 29.0 Å². The van der Waals surface area contributed by atoms with Crippen LogP contribution in [0.15, 0.2) is 63.9 Å². The van der Waals surface area contributed by atoms with Crippen LogP contribution in [0, 0.1) is 18.3 Å². The van der Waals surface area contributed by atoms with Crippen molar-refractivity contribution in [2.45, 2.75) is 69.9 Å². The monoisotopic (exact) mass is 684 g/mol. The van der Waals surface area contributed by atoms with Crippen LogP contribution < -0.4 is 14.8 Å². The number of piperazine rings is 1. The lowest BCUT2D eigenvalue weighted by atomic mass is 9.69. The Morgan fingerprint density at radius 2 is 1.90 bits per heavy atom. The van der Waals surface area contributed by atoms with Gasteiger partial charge < -0.3 is 24.6 Å². The van der Waals surface area contributed by atoms with Gasteiger partial charge in [0, 0.05) is 46.6 Å². The van der Waals surface area contributed by atoms with Crippen LogP contribution in [0.1, 0.15) is 43.0 Å². The van der Waals surface area contributed by atoms with E-state index in [0.717, 1.165) is 16.8 Å². The molecule has 1 aliphatic carbocycles. The fraction of sp³-hybridized carbons (Fsp3) is 0.417. The molecule has 0 radical (unpaired) electrons. The van der Waals surface area contributed by atoms with Crippen molar-refractivity contribution in [3.8, 4) is 17.6 Å². The van der Waals surface area contributed by atoms with E-state index in [4.69, 9.17) is 9.47 Å². The molecule has 3 heterocycles. The lowest BCUT2D eigenvalue weighted by Gasteiger charge is -2.60. The zero-order valence-electron chi connectivity index (χ0n) is 28.3. The average Bonchev–Trinajstić information content (AvgIpc) is 3.09. The molecule has 2 aromatic carbocycles. The second-order valence-corrected chi connectivity index (χ2v) is 13.5. The smallest absolute Gasteiger partial charge is 0.244 e. The van der Waals surface area contributed by atoms with E-state index in [-0.39, 0.29) is 53.4 Å². The summed E-state index contributed by atoms with van der Waals surface area (Å²) in [5, 5.41) is 25.3. The van der Waals surface area contributed by atoms with Crippen molar-refractivity contribution in [3.05, 3.63) is 75.6 Å². The summed E-state index contributed by atoms with van der Waals surface area (Å²) in [4.78, 5) is 49.8. The molecule has 1 fully saturated rings. The lowest BCUT2D eigenvalue weighted by Crippen LogP contribution is -2.71. The SMILES string of the molecule is COC1=C(C)C(=O)C2=C(C1=O)[C@H](CNC(=O)C(C)/N=C/SNc1ccccc1)N1C(C2)C2c3c(cc(C)c(OC)c3O)C[C@@H]([C@@H]1C#N)N2C. The maximum absolute atomic E-state index is 14.1. The molecule has 2 bridgehead atoms. The van der Waals surface area contributed by atoms with E-state index in [0.29, 0.717) is 23.3 Å². The summed E-state index contributed by atoms with van der Waals surface area (Å²) in [6, 6.07) is 10.6. The number of aryl methyl sites for hydroxylation is 1. The fourth-order valence-corrected chi connectivity index (χ4v) is 8.51. The van der Waals surface area contributed by atoms with Crippen LogP contribution in [-0.4, -0.2) is 95.9 Å². The summed E-state index contributed by atoms with van der Waals surface area (Å²) >= 11 is 1.23. The Morgan fingerprint density at radius 3 is 2.57 bits per heavy atom. The number of ether oxygens (including phenoxy) is 2. The number of carbonyl (C=O) groups excluding carboxylic acids is 3. The number of nitriles is 1. The molecule has 49 heavy (non-hydrogen) atoms. The number of methoxy groups -OCH3 is 2. The van der Waals surface area contributed by atoms with Crippen molar-refractivity contribution in [3.63, 3.8) is 0 Å². The summed E-state index contributed by atoms with van der Waals surface area (Å²) in [6.45, 7) is 5.07. The number of phenols is 1. The predicted octanol–water partition coefficient (Wildman–Crippen LogP) is 3.62. The van der Waals surface area contributed by atoms with Crippen molar-refractivity contribution in [1.29, 1.82) is 5.26 Å². The number of Topliss-reactive ketones (excluding diaryl/α,β-unsaturated/α-hetero) is 2. The molecule has 3 aliphatic heterocycles. The predicted molar refractivity (Wildman–Crippen MR) is 186 cm³/mol. The molecule has 0 aromatic heterocycles. The molecule has 1 saturated heterocycles. The molecule has 0 saturated carbocycles. The Morgan fingerprint density at radius 1 is 1.16 bits per heavy atom. The van der Waals surface area contributed by atoms with Crippen LogP contribution in [0.4, 0.5) is 5.69 Å². The molecule has 6 atom stereocenters. The summed E-state index contributed by atoms with van der Waals surface area (Å²) in [5.74, 6) is -0.738. The normalized spacial score (nSPS) is 25.7. The van der Waals surface area contributed by atoms with Crippen LogP contribution in [0.25, 0.3) is 0 Å². The number of nitrogens with zero attached hydrogens (tertiary/aromatic N) is 4. The first kappa shape index (κ1) is 34.2. The largest absolute Gasteiger partial charge is 0.504 e. The number of hydrogen-bond acceptors (Lipinski definition) is 12. The number of benzene rings is 2. The number of likely N-dealkylation sites (N-methyl/N-ethyl adjacent to an activating group) is 1. The van der Waals surface area contributed by atoms with Crippen LogP contribution >= 0.6 is 11.9 Å². The Bertz CT molecular complexity index is 1830. The minimum Gasteiger partial charge on any atom is -0.504 e. The van der Waals surface area contributed by atoms with Crippen LogP contribution in [-0.2, 0) is 25.5 Å². The highest BCUT2D eigenvalue weighted by Crippen LogP contribution is 2.53. The third kappa shape index (κ3) is 5.77. The van der Waals surface area contributed by atoms with Gasteiger partial charge in [-0.3, -0.25) is 29.2 Å². The van der Waals surface area contributed by atoms with Gasteiger partial charge in [-0.05, 0) is 75.9 Å². The van der Waals surface area contributed by atoms with Gasteiger partial charge in [0.1, 0.15) is 12.1 Å². The van der Waals surface area contributed by atoms with E-state index >= 15 is 0 Å². The second-order valence-electron chi connectivity index (χ2n) is 12.8. The van der Waals surface area contributed by atoms with Crippen molar-refractivity contribution in [2.24, 2.45) is 4.99 Å². The standard InChI is InChI=1S/C36H40N6O6S/c1-18-12-21-13-24-26(15-37)42-25(30(41(24)4)28(21)32(44)34(18)47-5)14-23-29(33(45)35(48-6)19(2)31(23)43)27(42)16-38-36(46)20(3)39-17-49-40-22-10-8-7-9-11-22/h7-12,17,20,24-27,30,40,44H,13-14,16H2,1-6H3,(H,38,46)/b39-17+/t20?,24-,25?,26-,27-,30?/m0/s1. The number of phenolic OH excluding ortho intramolecular Hbond substituents is 1. The van der Waals surface area contributed by atoms with E-state index < -0.39 is 36.0 Å². The molecule has 12 nitrogen and oxygen atoms in total. The third-order valence-corrected chi connectivity index (χ3v) is 10.8. The van der Waals surface area contributed by atoms with Crippen LogP contribution in [0.2, 0.25) is 0 Å². The Labute approximate surface area is 290 Å². The number of fused-ring (bicyclic) bond motifs is 6. The maximum Gasteiger partial charge on any atom is 0.244 e. The molecule has 13 heteroatoms. The zero-order chi connectivity index (χ0) is 35.1. The zero-order valence-corrected chi connectivity index (χ0v) is 29.1. The van der Waals surface area contributed by atoms with Gasteiger partial charge >= 0.3 is 0 Å². The molecule has 256 valence electrons. The van der Waals surface area contributed by atoms with E-state index in [1.807, 2.05) is 55.3 Å². The molecule has 6 rings (SSSR count). The van der Waals surface area contributed by atoms with Crippen molar-refractivity contribution in [1.82, 2.24) is 15.1 Å². The van der Waals surface area contributed by atoms with Crippen molar-refractivity contribution in [2.75, 3.05) is 32.5 Å². The average molecular weight is 685 g/mol. The van der Waals surface area contributed by atoms with Gasteiger partial charge in [-0.25, -0.2) is 0 Å². The van der Waals surface area contributed by atoms with Crippen LogP contribution in [0.3, 0.4) is 0 Å². The number of anilines is 1. The number of rotatable bonds is 9. The fourth-order valence-electron chi connectivity index (χ4n) is 7.95. The van der Waals surface area contributed by atoms with Gasteiger partial charge in [-0.2, -0.15) is 5.26 Å². The number of aliphatic imine (C=N–C) groups is 1. The van der Waals surface area contributed by atoms with Gasteiger partial charge in [0.15, 0.2) is 23.0 Å². The first-order valence-electron chi connectivity index (χ1n) is 16.2. The van der Waals surface area contributed by atoms with Crippen LogP contribution in [0.5, 0.6) is 11.5 Å². The first-order chi connectivity index (χ1) is 23.5. The van der Waals surface area contributed by atoms with Gasteiger partial charge in [-0.1, -0.05) is 24.3 Å². The molecule has 1 amide bonds. The number of amides is 1. The number of hydrogen-bond donors (Lipinski definition) is 3. The topological polar surface area (TPSA) is 157 Å². The minimum absolute atomic E-state index is 0.0305. The highest BCUT2D eigenvalue weighted by molar-refractivity contribution is 8.13. The third-order valence-electron chi connectivity index (χ3n) is 10.2. The molecule has 2 aromatic rings. The minimum atomic E-state index is -0.822. The quantitative estimate of drug-likeness (QED) is 0.154. The number of allylic oxidation sites excluding steroid dienone is 2. The van der Waals surface area contributed by atoms with E-state index in [2.05, 4.69) is 26.0 Å². The Balaban J connectivity index is 1.36.